The maximum atomic E-state index is 12.1. The molecule has 0 unspecified atom stereocenters. The third kappa shape index (κ3) is 5.01. The maximum Gasteiger partial charge on any atom is 0.316 e. The zero-order chi connectivity index (χ0) is 20.2. The van der Waals surface area contributed by atoms with E-state index in [4.69, 9.17) is 4.74 Å². The lowest BCUT2D eigenvalue weighted by Crippen LogP contribution is -2.25. The predicted molar refractivity (Wildman–Crippen MR) is 99.7 cm³/mol. The van der Waals surface area contributed by atoms with E-state index in [0.717, 1.165) is 6.07 Å². The third-order valence-corrected chi connectivity index (χ3v) is 3.57. The molecule has 0 aliphatic carbocycles. The molecule has 0 aliphatic heterocycles. The number of hydrogen-bond acceptors (Lipinski definition) is 6. The number of allylic oxidation sites excluding steroid dienone is 1. The fraction of sp³-hybridized carbons (Fsp3) is 0.200. The van der Waals surface area contributed by atoms with Crippen molar-refractivity contribution in [1.82, 2.24) is 0 Å². The van der Waals surface area contributed by atoms with Crippen LogP contribution in [0.3, 0.4) is 0 Å². The van der Waals surface area contributed by atoms with Crippen LogP contribution in [-0.2, 0) is 4.79 Å². The van der Waals surface area contributed by atoms with E-state index in [2.05, 4.69) is 0 Å². The summed E-state index contributed by atoms with van der Waals surface area (Å²) in [5.74, 6) is -2.03. The average molecular weight is 369 g/mol. The van der Waals surface area contributed by atoms with Gasteiger partial charge in [-0.3, -0.25) is 19.7 Å². The van der Waals surface area contributed by atoms with Gasteiger partial charge in [-0.05, 0) is 38.5 Å². The monoisotopic (exact) mass is 369 g/mol. The Labute approximate surface area is 156 Å². The Bertz CT molecular complexity index is 910. The number of hydrogen-bond donors (Lipinski definition) is 1. The Morgan fingerprint density at radius 3 is 2.33 bits per heavy atom. The molecular weight excluding hydrogens is 350 g/mol. The Hall–Kier alpha value is -3.48. The van der Waals surface area contributed by atoms with Crippen molar-refractivity contribution in [3.63, 3.8) is 0 Å². The second kappa shape index (κ2) is 7.82. The number of nitro benzene ring substituents is 1. The van der Waals surface area contributed by atoms with E-state index in [1.165, 1.54) is 18.2 Å². The molecule has 0 atom stereocenters. The van der Waals surface area contributed by atoms with E-state index in [1.807, 2.05) is 0 Å². The van der Waals surface area contributed by atoms with Crippen molar-refractivity contribution >= 4 is 23.5 Å². The molecule has 0 bridgehead atoms. The minimum atomic E-state index is -0.865. The van der Waals surface area contributed by atoms with Crippen LogP contribution < -0.4 is 4.74 Å². The Morgan fingerprint density at radius 1 is 1.15 bits per heavy atom. The van der Waals surface area contributed by atoms with Gasteiger partial charge < -0.3 is 9.84 Å². The molecule has 0 fully saturated rings. The maximum absolute atomic E-state index is 12.1. The molecule has 0 amide bonds. The van der Waals surface area contributed by atoms with Crippen molar-refractivity contribution in [3.05, 3.63) is 69.8 Å². The van der Waals surface area contributed by atoms with Gasteiger partial charge in [-0.2, -0.15) is 0 Å². The summed E-state index contributed by atoms with van der Waals surface area (Å²) in [5.41, 5.74) is -0.793. The molecule has 0 radical (unpaired) electrons. The predicted octanol–water partition coefficient (Wildman–Crippen LogP) is 4.15. The average Bonchev–Trinajstić information content (AvgIpc) is 2.61. The van der Waals surface area contributed by atoms with Gasteiger partial charge in [-0.25, -0.2) is 0 Å². The lowest BCUT2D eigenvalue weighted by Gasteiger charge is -2.17. The molecule has 0 aliphatic rings. The van der Waals surface area contributed by atoms with Crippen LogP contribution in [0.1, 0.15) is 36.7 Å². The number of phenolic OH excluding ortho intramolecular Hbond substituents is 1. The first kappa shape index (κ1) is 19.8. The quantitative estimate of drug-likeness (QED) is 0.212. The molecule has 0 saturated heterocycles. The molecule has 27 heavy (non-hydrogen) atoms. The zero-order valence-electron chi connectivity index (χ0n) is 15.1. The van der Waals surface area contributed by atoms with Gasteiger partial charge in [0.2, 0.25) is 5.75 Å². The molecule has 140 valence electrons. The number of ether oxygens (including phenoxy) is 1. The van der Waals surface area contributed by atoms with Gasteiger partial charge in [-0.15, -0.1) is 0 Å². The summed E-state index contributed by atoms with van der Waals surface area (Å²) in [6, 6.07) is 10.9. The van der Waals surface area contributed by atoms with Crippen molar-refractivity contribution in [2.24, 2.45) is 5.41 Å². The van der Waals surface area contributed by atoms with Crippen LogP contribution in [0.5, 0.6) is 11.5 Å². The number of carbonyl (C=O) groups excluding carboxylic acids is 2. The number of phenols is 1. The SMILES string of the molecule is CC(C)(C)C(=O)Oc1cc(C=CC(=O)c2ccccc2)cc([N+](=O)[O-])c1O. The van der Waals surface area contributed by atoms with Crippen molar-refractivity contribution in [1.29, 1.82) is 0 Å². The topological polar surface area (TPSA) is 107 Å². The molecule has 1 N–H and O–H groups in total. The molecule has 0 heterocycles. The first-order chi connectivity index (χ1) is 12.6. The second-order valence-electron chi connectivity index (χ2n) is 6.85. The molecule has 0 spiro atoms. The fourth-order valence-corrected chi connectivity index (χ4v) is 2.05. The van der Waals surface area contributed by atoms with Gasteiger partial charge in [0.25, 0.3) is 0 Å². The first-order valence-electron chi connectivity index (χ1n) is 8.10. The van der Waals surface area contributed by atoms with Crippen LogP contribution in [-0.4, -0.2) is 21.8 Å². The number of ketones is 1. The lowest BCUT2D eigenvalue weighted by atomic mass is 9.97. The van der Waals surface area contributed by atoms with Crippen LogP contribution in [0.15, 0.2) is 48.5 Å². The number of aromatic hydroxyl groups is 1. The van der Waals surface area contributed by atoms with Crippen molar-refractivity contribution in [2.75, 3.05) is 0 Å². The van der Waals surface area contributed by atoms with E-state index in [0.29, 0.717) is 5.56 Å². The molecule has 0 saturated carbocycles. The summed E-state index contributed by atoms with van der Waals surface area (Å²) in [4.78, 5) is 34.6. The molecule has 7 nitrogen and oxygen atoms in total. The normalized spacial score (nSPS) is 11.4. The fourth-order valence-electron chi connectivity index (χ4n) is 2.05. The minimum Gasteiger partial charge on any atom is -0.499 e. The lowest BCUT2D eigenvalue weighted by molar-refractivity contribution is -0.385. The van der Waals surface area contributed by atoms with E-state index in [1.54, 1.807) is 51.1 Å². The number of esters is 1. The molecule has 2 aromatic carbocycles. The van der Waals surface area contributed by atoms with Crippen molar-refractivity contribution < 1.29 is 24.4 Å². The Kier molecular flexibility index (Phi) is 5.75. The first-order valence-corrected chi connectivity index (χ1v) is 8.10. The molecule has 2 rings (SSSR count). The highest BCUT2D eigenvalue weighted by molar-refractivity contribution is 6.06. The summed E-state index contributed by atoms with van der Waals surface area (Å²) in [6.07, 6.45) is 2.61. The summed E-state index contributed by atoms with van der Waals surface area (Å²) >= 11 is 0. The Morgan fingerprint density at radius 2 is 1.78 bits per heavy atom. The second-order valence-corrected chi connectivity index (χ2v) is 6.85. The number of nitro groups is 1. The highest BCUT2D eigenvalue weighted by Gasteiger charge is 2.27. The van der Waals surface area contributed by atoms with Gasteiger partial charge in [0.15, 0.2) is 11.5 Å². The van der Waals surface area contributed by atoms with Gasteiger partial charge in [-0.1, -0.05) is 36.4 Å². The van der Waals surface area contributed by atoms with Crippen LogP contribution >= 0.6 is 0 Å². The molecule has 7 heteroatoms. The van der Waals surface area contributed by atoms with E-state index in [-0.39, 0.29) is 17.1 Å². The number of carbonyl (C=O) groups is 2. The largest absolute Gasteiger partial charge is 0.499 e. The summed E-state index contributed by atoms with van der Waals surface area (Å²) in [7, 11) is 0. The van der Waals surface area contributed by atoms with Gasteiger partial charge >= 0.3 is 11.7 Å². The summed E-state index contributed by atoms with van der Waals surface area (Å²) in [6.45, 7) is 4.84. The van der Waals surface area contributed by atoms with Gasteiger partial charge in [0.1, 0.15) is 0 Å². The van der Waals surface area contributed by atoms with Gasteiger partial charge in [0, 0.05) is 11.6 Å². The van der Waals surface area contributed by atoms with Crippen LogP contribution in [0, 0.1) is 15.5 Å². The van der Waals surface area contributed by atoms with E-state index < -0.39 is 27.7 Å². The minimum absolute atomic E-state index is 0.237. The Balaban J connectivity index is 2.39. The smallest absolute Gasteiger partial charge is 0.316 e. The summed E-state index contributed by atoms with van der Waals surface area (Å²) in [5, 5.41) is 21.2. The standard InChI is InChI=1S/C20H19NO6/c1-20(2,3)19(24)27-17-12-13(11-15(18(17)23)21(25)26)9-10-16(22)14-7-5-4-6-8-14/h4-12,23H,1-3H3. The van der Waals surface area contributed by atoms with Crippen molar-refractivity contribution in [3.8, 4) is 11.5 Å². The highest BCUT2D eigenvalue weighted by Crippen LogP contribution is 2.38. The van der Waals surface area contributed by atoms with E-state index >= 15 is 0 Å². The number of nitrogens with zero attached hydrogens (tertiary/aromatic N) is 1. The molecular formula is C20H19NO6. The summed E-state index contributed by atoms with van der Waals surface area (Å²) < 4.78 is 5.12. The van der Waals surface area contributed by atoms with Crippen LogP contribution in [0.25, 0.3) is 6.08 Å². The van der Waals surface area contributed by atoms with Crippen molar-refractivity contribution in [2.45, 2.75) is 20.8 Å². The molecule has 0 aromatic heterocycles. The molecule has 2 aromatic rings. The zero-order valence-corrected chi connectivity index (χ0v) is 15.1. The van der Waals surface area contributed by atoms with Crippen LogP contribution in [0.2, 0.25) is 0 Å². The van der Waals surface area contributed by atoms with Crippen LogP contribution in [0.4, 0.5) is 5.69 Å². The van der Waals surface area contributed by atoms with Gasteiger partial charge in [0.05, 0.1) is 10.3 Å². The third-order valence-electron chi connectivity index (χ3n) is 3.57. The highest BCUT2D eigenvalue weighted by atomic mass is 16.6. The van der Waals surface area contributed by atoms with E-state index in [9.17, 15) is 24.8 Å². The number of benzene rings is 2. The number of rotatable bonds is 5.